The van der Waals surface area contributed by atoms with Gasteiger partial charge in [0.05, 0.1) is 4.90 Å². The first-order valence-electron chi connectivity index (χ1n) is 8.53. The van der Waals surface area contributed by atoms with Crippen molar-refractivity contribution in [2.75, 3.05) is 5.32 Å². The van der Waals surface area contributed by atoms with Gasteiger partial charge in [0, 0.05) is 11.3 Å². The smallest absolute Gasteiger partial charge is 0.238 e. The first-order valence-corrected chi connectivity index (χ1v) is 10.0. The first kappa shape index (κ1) is 18.8. The summed E-state index contributed by atoms with van der Waals surface area (Å²) in [6.45, 7) is 0. The van der Waals surface area contributed by atoms with Crippen molar-refractivity contribution in [3.63, 3.8) is 0 Å². The molecule has 0 saturated heterocycles. The molecule has 0 bridgehead atoms. The van der Waals surface area contributed by atoms with E-state index in [1.807, 2.05) is 6.07 Å². The standard InChI is InChI=1S/C21H14F2N2O3S/c22-15-8-6-14(7-9-15)19-25-21(20(28-19)24-17-4-2-1-3-5-17)29(26,27)18-12-10-16(23)11-13-18/h1-13,24H. The lowest BCUT2D eigenvalue weighted by Gasteiger charge is -2.06. The van der Waals surface area contributed by atoms with Crippen molar-refractivity contribution in [1.82, 2.24) is 4.98 Å². The lowest BCUT2D eigenvalue weighted by molar-refractivity contribution is 0.581. The zero-order chi connectivity index (χ0) is 20.4. The van der Waals surface area contributed by atoms with Crippen LogP contribution in [0.1, 0.15) is 0 Å². The largest absolute Gasteiger partial charge is 0.419 e. The molecule has 0 aliphatic heterocycles. The number of aromatic nitrogens is 1. The predicted octanol–water partition coefficient (Wildman–Crippen LogP) is 5.20. The van der Waals surface area contributed by atoms with Crippen molar-refractivity contribution >= 4 is 21.4 Å². The molecule has 0 amide bonds. The van der Waals surface area contributed by atoms with Crippen molar-refractivity contribution in [2.24, 2.45) is 0 Å². The molecule has 0 aliphatic rings. The number of hydrogen-bond donors (Lipinski definition) is 1. The molecule has 5 nitrogen and oxygen atoms in total. The Bertz CT molecular complexity index is 1240. The molecular formula is C21H14F2N2O3S. The Morgan fingerprint density at radius 3 is 2.00 bits per heavy atom. The monoisotopic (exact) mass is 412 g/mol. The normalized spacial score (nSPS) is 11.4. The molecule has 3 aromatic carbocycles. The highest BCUT2D eigenvalue weighted by Gasteiger charge is 2.28. The number of oxazole rings is 1. The van der Waals surface area contributed by atoms with Crippen LogP contribution in [-0.2, 0) is 9.84 Å². The fourth-order valence-electron chi connectivity index (χ4n) is 2.66. The Morgan fingerprint density at radius 1 is 0.793 bits per heavy atom. The number of benzene rings is 3. The maximum Gasteiger partial charge on any atom is 0.238 e. The summed E-state index contributed by atoms with van der Waals surface area (Å²) in [6.07, 6.45) is 0. The van der Waals surface area contributed by atoms with Gasteiger partial charge in [-0.05, 0) is 60.7 Å². The molecule has 8 heteroatoms. The Hall–Kier alpha value is -3.52. The quantitative estimate of drug-likeness (QED) is 0.457. The molecule has 0 saturated carbocycles. The Labute approximate surface area is 165 Å². The van der Waals surface area contributed by atoms with Crippen LogP contribution in [0.4, 0.5) is 20.4 Å². The van der Waals surface area contributed by atoms with E-state index >= 15 is 0 Å². The average Bonchev–Trinajstić information content (AvgIpc) is 3.14. The zero-order valence-electron chi connectivity index (χ0n) is 14.8. The van der Waals surface area contributed by atoms with Gasteiger partial charge >= 0.3 is 0 Å². The SMILES string of the molecule is O=S(=O)(c1ccc(F)cc1)c1nc(-c2ccc(F)cc2)oc1Nc1ccccc1. The molecule has 1 aromatic heterocycles. The third-order valence-corrected chi connectivity index (χ3v) is 5.78. The predicted molar refractivity (Wildman–Crippen MR) is 103 cm³/mol. The molecule has 0 aliphatic carbocycles. The minimum atomic E-state index is -4.11. The summed E-state index contributed by atoms with van der Waals surface area (Å²) in [4.78, 5) is 4.01. The van der Waals surface area contributed by atoms with Crippen molar-refractivity contribution in [2.45, 2.75) is 9.92 Å². The van der Waals surface area contributed by atoms with Gasteiger partial charge in [-0.15, -0.1) is 0 Å². The van der Waals surface area contributed by atoms with E-state index in [4.69, 9.17) is 4.42 Å². The molecular weight excluding hydrogens is 398 g/mol. The van der Waals surface area contributed by atoms with Crippen molar-refractivity contribution in [1.29, 1.82) is 0 Å². The number of sulfone groups is 1. The molecule has 0 fully saturated rings. The lowest BCUT2D eigenvalue weighted by atomic mass is 10.2. The molecule has 0 radical (unpaired) electrons. The van der Waals surface area contributed by atoms with Gasteiger partial charge in [-0.3, -0.25) is 0 Å². The van der Waals surface area contributed by atoms with E-state index in [0.717, 1.165) is 24.3 Å². The van der Waals surface area contributed by atoms with Gasteiger partial charge in [-0.25, -0.2) is 17.2 Å². The van der Waals surface area contributed by atoms with Gasteiger partial charge in [0.2, 0.25) is 26.6 Å². The van der Waals surface area contributed by atoms with Gasteiger partial charge in [0.15, 0.2) is 0 Å². The second-order valence-electron chi connectivity index (χ2n) is 6.11. The Kier molecular flexibility index (Phi) is 4.85. The molecule has 146 valence electrons. The molecule has 0 atom stereocenters. The van der Waals surface area contributed by atoms with E-state index in [9.17, 15) is 17.2 Å². The van der Waals surface area contributed by atoms with Crippen LogP contribution < -0.4 is 5.32 Å². The fourth-order valence-corrected chi connectivity index (χ4v) is 3.92. The number of halogens is 2. The molecule has 4 aromatic rings. The summed E-state index contributed by atoms with van der Waals surface area (Å²) in [6, 6.07) is 18.5. The summed E-state index contributed by atoms with van der Waals surface area (Å²) < 4.78 is 58.4. The second-order valence-corrected chi connectivity index (χ2v) is 7.97. The number of para-hydroxylation sites is 1. The number of nitrogens with zero attached hydrogens (tertiary/aromatic N) is 1. The number of nitrogens with one attached hydrogen (secondary N) is 1. The first-order chi connectivity index (χ1) is 13.9. The molecule has 1 heterocycles. The van der Waals surface area contributed by atoms with E-state index in [0.29, 0.717) is 11.3 Å². The van der Waals surface area contributed by atoms with Crippen LogP contribution in [0.15, 0.2) is 93.2 Å². The van der Waals surface area contributed by atoms with Crippen molar-refractivity contribution in [3.8, 4) is 11.5 Å². The summed E-state index contributed by atoms with van der Waals surface area (Å²) in [7, 11) is -4.11. The molecule has 29 heavy (non-hydrogen) atoms. The minimum absolute atomic E-state index is 0.00381. The summed E-state index contributed by atoms with van der Waals surface area (Å²) in [5.74, 6) is -1.09. The van der Waals surface area contributed by atoms with Crippen LogP contribution in [0.3, 0.4) is 0 Å². The number of rotatable bonds is 5. The lowest BCUT2D eigenvalue weighted by Crippen LogP contribution is -2.05. The third-order valence-electron chi connectivity index (χ3n) is 4.10. The number of anilines is 2. The molecule has 1 N–H and O–H groups in total. The van der Waals surface area contributed by atoms with E-state index in [1.54, 1.807) is 24.3 Å². The van der Waals surface area contributed by atoms with E-state index < -0.39 is 21.5 Å². The summed E-state index contributed by atoms with van der Waals surface area (Å²) >= 11 is 0. The zero-order valence-corrected chi connectivity index (χ0v) is 15.7. The van der Waals surface area contributed by atoms with Gasteiger partial charge in [0.1, 0.15) is 11.6 Å². The van der Waals surface area contributed by atoms with E-state index in [1.165, 1.54) is 24.3 Å². The van der Waals surface area contributed by atoms with E-state index in [2.05, 4.69) is 10.3 Å². The Balaban J connectivity index is 1.84. The molecule has 4 rings (SSSR count). The fraction of sp³-hybridized carbons (Fsp3) is 0. The van der Waals surface area contributed by atoms with Crippen LogP contribution in [0.5, 0.6) is 0 Å². The average molecular weight is 412 g/mol. The topological polar surface area (TPSA) is 72.2 Å². The van der Waals surface area contributed by atoms with Gasteiger partial charge in [0.25, 0.3) is 0 Å². The highest BCUT2D eigenvalue weighted by molar-refractivity contribution is 7.91. The van der Waals surface area contributed by atoms with Crippen LogP contribution in [0, 0.1) is 11.6 Å². The maximum atomic E-state index is 13.2. The van der Waals surface area contributed by atoms with Crippen LogP contribution >= 0.6 is 0 Å². The van der Waals surface area contributed by atoms with Crippen LogP contribution in [0.2, 0.25) is 0 Å². The molecule has 0 unspecified atom stereocenters. The maximum absolute atomic E-state index is 13.2. The van der Waals surface area contributed by atoms with Gasteiger partial charge in [-0.1, -0.05) is 18.2 Å². The van der Waals surface area contributed by atoms with Gasteiger partial charge in [-0.2, -0.15) is 4.98 Å². The van der Waals surface area contributed by atoms with Crippen molar-refractivity contribution < 1.29 is 21.6 Å². The van der Waals surface area contributed by atoms with E-state index in [-0.39, 0.29) is 21.7 Å². The third kappa shape index (κ3) is 3.88. The van der Waals surface area contributed by atoms with Crippen molar-refractivity contribution in [3.05, 3.63) is 90.5 Å². The molecule has 0 spiro atoms. The highest BCUT2D eigenvalue weighted by Crippen LogP contribution is 2.34. The number of hydrogen-bond acceptors (Lipinski definition) is 5. The van der Waals surface area contributed by atoms with Crippen LogP contribution in [-0.4, -0.2) is 13.4 Å². The van der Waals surface area contributed by atoms with Gasteiger partial charge < -0.3 is 9.73 Å². The van der Waals surface area contributed by atoms with Crippen LogP contribution in [0.25, 0.3) is 11.5 Å². The second kappa shape index (κ2) is 7.48. The minimum Gasteiger partial charge on any atom is -0.419 e. The highest BCUT2D eigenvalue weighted by atomic mass is 32.2. The summed E-state index contributed by atoms with van der Waals surface area (Å²) in [5.41, 5.74) is 0.993. The summed E-state index contributed by atoms with van der Waals surface area (Å²) in [5, 5.41) is 2.55. The Morgan fingerprint density at radius 2 is 1.38 bits per heavy atom.